The van der Waals surface area contributed by atoms with Gasteiger partial charge in [0.2, 0.25) is 0 Å². The summed E-state index contributed by atoms with van der Waals surface area (Å²) in [5.74, 6) is 2.05. The van der Waals surface area contributed by atoms with Crippen molar-refractivity contribution < 1.29 is 14.3 Å². The van der Waals surface area contributed by atoms with Crippen molar-refractivity contribution in [2.24, 2.45) is 4.99 Å². The van der Waals surface area contributed by atoms with E-state index in [0.29, 0.717) is 31.3 Å². The highest BCUT2D eigenvalue weighted by molar-refractivity contribution is 6.17. The number of H-pyrrole nitrogens is 1. The number of carbonyl (C=O) groups excluding carboxylic acids is 1. The van der Waals surface area contributed by atoms with Crippen LogP contribution < -0.4 is 19.7 Å². The van der Waals surface area contributed by atoms with Gasteiger partial charge in [0.15, 0.2) is 11.5 Å². The van der Waals surface area contributed by atoms with E-state index in [2.05, 4.69) is 32.1 Å². The van der Waals surface area contributed by atoms with Crippen molar-refractivity contribution in [1.29, 1.82) is 0 Å². The van der Waals surface area contributed by atoms with E-state index in [0.717, 1.165) is 67.2 Å². The number of ether oxygens (including phenoxy) is 2. The van der Waals surface area contributed by atoms with Gasteiger partial charge in [0, 0.05) is 25.3 Å². The van der Waals surface area contributed by atoms with Crippen molar-refractivity contribution in [3.63, 3.8) is 0 Å². The number of rotatable bonds is 5. The van der Waals surface area contributed by atoms with Crippen molar-refractivity contribution in [1.82, 2.24) is 25.1 Å². The molecule has 36 heavy (non-hydrogen) atoms. The van der Waals surface area contributed by atoms with Crippen LogP contribution in [0.5, 0.6) is 11.5 Å². The zero-order valence-electron chi connectivity index (χ0n) is 20.4. The Bertz CT molecular complexity index is 1290. The van der Waals surface area contributed by atoms with Crippen LogP contribution in [0.25, 0.3) is 11.0 Å². The summed E-state index contributed by atoms with van der Waals surface area (Å²) < 4.78 is 11.6. The summed E-state index contributed by atoms with van der Waals surface area (Å²) in [6.45, 7) is 6.82. The van der Waals surface area contributed by atoms with E-state index in [1.165, 1.54) is 0 Å². The van der Waals surface area contributed by atoms with Gasteiger partial charge < -0.3 is 24.3 Å². The molecule has 0 bridgehead atoms. The lowest BCUT2D eigenvalue weighted by atomic mass is 10.0. The molecule has 188 valence electrons. The first-order chi connectivity index (χ1) is 17.7. The SMILES string of the molecule is CN1CCCN(CC/N=C2/NC(=O)N(c3ccc4[nH]cnc4c3)C2c2ccc3c(c2)OCCO3)CC1. The lowest BCUT2D eigenvalue weighted by Gasteiger charge is -2.25. The summed E-state index contributed by atoms with van der Waals surface area (Å²) in [4.78, 5) is 32.3. The van der Waals surface area contributed by atoms with Crippen LogP contribution in [-0.2, 0) is 0 Å². The molecule has 2 N–H and O–H groups in total. The average Bonchev–Trinajstić information content (AvgIpc) is 3.43. The predicted octanol–water partition coefficient (Wildman–Crippen LogP) is 2.64. The number of benzene rings is 2. The van der Waals surface area contributed by atoms with E-state index in [9.17, 15) is 4.79 Å². The van der Waals surface area contributed by atoms with Gasteiger partial charge in [-0.25, -0.2) is 9.78 Å². The first-order valence-electron chi connectivity index (χ1n) is 12.5. The van der Waals surface area contributed by atoms with E-state index in [1.54, 1.807) is 11.2 Å². The number of aliphatic imine (C=N–C) groups is 1. The zero-order chi connectivity index (χ0) is 24.5. The number of aromatic nitrogens is 2. The van der Waals surface area contributed by atoms with E-state index in [1.807, 2.05) is 36.4 Å². The fourth-order valence-electron chi connectivity index (χ4n) is 5.11. The lowest BCUT2D eigenvalue weighted by Crippen LogP contribution is -2.31. The van der Waals surface area contributed by atoms with Crippen molar-refractivity contribution in [3.8, 4) is 11.5 Å². The summed E-state index contributed by atoms with van der Waals surface area (Å²) in [7, 11) is 2.17. The summed E-state index contributed by atoms with van der Waals surface area (Å²) in [5, 5.41) is 3.04. The number of amides is 2. The van der Waals surface area contributed by atoms with Gasteiger partial charge in [-0.15, -0.1) is 0 Å². The van der Waals surface area contributed by atoms with Crippen molar-refractivity contribution in [2.45, 2.75) is 12.5 Å². The largest absolute Gasteiger partial charge is 0.486 e. The monoisotopic (exact) mass is 489 g/mol. The van der Waals surface area contributed by atoms with Crippen LogP contribution in [0, 0.1) is 0 Å². The molecule has 0 radical (unpaired) electrons. The Balaban J connectivity index is 1.31. The maximum absolute atomic E-state index is 13.3. The van der Waals surface area contributed by atoms with Crippen LogP contribution in [-0.4, -0.2) is 91.2 Å². The number of anilines is 1. The third kappa shape index (κ3) is 4.49. The molecule has 2 saturated heterocycles. The fraction of sp³-hybridized carbons (Fsp3) is 0.423. The standard InChI is InChI=1S/C26H31N7O3/c1-31-8-2-9-32(12-11-31)10-7-27-25-24(18-3-6-22-23(15-18)36-14-13-35-22)33(26(34)30-25)19-4-5-20-21(16-19)29-17-28-20/h3-6,15-17,24H,2,7-14H2,1H3,(H,28,29)(H,27,30,34). The zero-order valence-corrected chi connectivity index (χ0v) is 20.4. The Morgan fingerprint density at radius 3 is 2.86 bits per heavy atom. The molecular formula is C26H31N7O3. The number of fused-ring (bicyclic) bond motifs is 2. The normalized spacial score (nSPS) is 22.2. The number of amidine groups is 1. The van der Waals surface area contributed by atoms with Crippen LogP contribution in [0.15, 0.2) is 47.7 Å². The second kappa shape index (κ2) is 9.79. The van der Waals surface area contributed by atoms with E-state index in [-0.39, 0.29) is 6.03 Å². The van der Waals surface area contributed by atoms with Crippen molar-refractivity contribution in [2.75, 3.05) is 64.4 Å². The number of likely N-dealkylation sites (N-methyl/N-ethyl adjacent to an activating group) is 1. The molecule has 0 spiro atoms. The number of nitrogens with zero attached hydrogens (tertiary/aromatic N) is 5. The van der Waals surface area contributed by atoms with Crippen LogP contribution >= 0.6 is 0 Å². The minimum atomic E-state index is -0.403. The molecule has 1 atom stereocenters. The van der Waals surface area contributed by atoms with E-state index >= 15 is 0 Å². The molecule has 1 aromatic heterocycles. The van der Waals surface area contributed by atoms with Gasteiger partial charge in [0.1, 0.15) is 25.1 Å². The molecule has 2 aromatic carbocycles. The molecule has 0 aliphatic carbocycles. The number of carbonyl (C=O) groups is 1. The van der Waals surface area contributed by atoms with Gasteiger partial charge in [-0.3, -0.25) is 15.2 Å². The van der Waals surface area contributed by atoms with Crippen LogP contribution in [0.2, 0.25) is 0 Å². The Morgan fingerprint density at radius 1 is 1.06 bits per heavy atom. The highest BCUT2D eigenvalue weighted by atomic mass is 16.6. The van der Waals surface area contributed by atoms with Gasteiger partial charge in [-0.2, -0.15) is 0 Å². The number of hydrogen-bond donors (Lipinski definition) is 2. The number of nitrogens with one attached hydrogen (secondary N) is 2. The molecule has 10 heteroatoms. The molecule has 3 aromatic rings. The molecule has 10 nitrogen and oxygen atoms in total. The Morgan fingerprint density at radius 2 is 1.94 bits per heavy atom. The topological polar surface area (TPSA) is 98.3 Å². The molecule has 3 aliphatic heterocycles. The summed E-state index contributed by atoms with van der Waals surface area (Å²) in [6.07, 6.45) is 2.82. The number of aromatic amines is 1. The minimum absolute atomic E-state index is 0.208. The molecule has 6 rings (SSSR count). The number of imidazole rings is 1. The first-order valence-corrected chi connectivity index (χ1v) is 12.5. The molecule has 4 heterocycles. The Hall–Kier alpha value is -3.63. The molecule has 3 aliphatic rings. The second-order valence-corrected chi connectivity index (χ2v) is 9.48. The number of urea groups is 1. The van der Waals surface area contributed by atoms with Crippen molar-refractivity contribution in [3.05, 3.63) is 48.3 Å². The van der Waals surface area contributed by atoms with Gasteiger partial charge in [-0.1, -0.05) is 6.07 Å². The van der Waals surface area contributed by atoms with Crippen LogP contribution in [0.1, 0.15) is 18.0 Å². The summed E-state index contributed by atoms with van der Waals surface area (Å²) >= 11 is 0. The third-order valence-electron chi connectivity index (χ3n) is 7.05. The molecule has 0 saturated carbocycles. The smallest absolute Gasteiger partial charge is 0.328 e. The quantitative estimate of drug-likeness (QED) is 0.572. The first kappa shape index (κ1) is 22.8. The van der Waals surface area contributed by atoms with Gasteiger partial charge in [0.05, 0.1) is 23.9 Å². The van der Waals surface area contributed by atoms with Gasteiger partial charge in [0.25, 0.3) is 0 Å². The minimum Gasteiger partial charge on any atom is -0.486 e. The fourth-order valence-corrected chi connectivity index (χ4v) is 5.11. The lowest BCUT2D eigenvalue weighted by molar-refractivity contribution is 0.171. The highest BCUT2D eigenvalue weighted by Gasteiger charge is 2.39. The molecule has 2 fully saturated rings. The highest BCUT2D eigenvalue weighted by Crippen LogP contribution is 2.38. The number of hydrogen-bond acceptors (Lipinski definition) is 7. The van der Waals surface area contributed by atoms with Crippen molar-refractivity contribution >= 4 is 28.6 Å². The maximum Gasteiger partial charge on any atom is 0.328 e. The average molecular weight is 490 g/mol. The van der Waals surface area contributed by atoms with E-state index < -0.39 is 6.04 Å². The van der Waals surface area contributed by atoms with Gasteiger partial charge in [-0.05, 0) is 62.5 Å². The van der Waals surface area contributed by atoms with Gasteiger partial charge >= 0.3 is 6.03 Å². The van der Waals surface area contributed by atoms with Crippen LogP contribution in [0.3, 0.4) is 0 Å². The Kier molecular flexibility index (Phi) is 6.20. The van der Waals surface area contributed by atoms with E-state index in [4.69, 9.17) is 14.5 Å². The van der Waals surface area contributed by atoms with Crippen LogP contribution in [0.4, 0.5) is 10.5 Å². The maximum atomic E-state index is 13.3. The molecule has 1 unspecified atom stereocenters. The summed E-state index contributed by atoms with van der Waals surface area (Å²) in [6, 6.07) is 11.0. The predicted molar refractivity (Wildman–Crippen MR) is 138 cm³/mol. The Labute approximate surface area is 209 Å². The second-order valence-electron chi connectivity index (χ2n) is 9.48. The molecule has 2 amide bonds. The molecular weight excluding hydrogens is 458 g/mol. The third-order valence-corrected chi connectivity index (χ3v) is 7.05. The summed E-state index contributed by atoms with van der Waals surface area (Å²) in [5.41, 5.74) is 3.39.